The molecule has 12 heteroatoms. The molecule has 3 aliphatic heterocycles. The van der Waals surface area contributed by atoms with Gasteiger partial charge in [-0.25, -0.2) is 0 Å². The lowest BCUT2D eigenvalue weighted by Crippen LogP contribution is -2.42. The quantitative estimate of drug-likeness (QED) is 0.368. The Hall–Kier alpha value is -3.77. The number of ether oxygens (including phenoxy) is 3. The van der Waals surface area contributed by atoms with E-state index in [2.05, 4.69) is 4.98 Å². The third kappa shape index (κ3) is 4.58. The monoisotopic (exact) mass is 661 g/mol. The number of likely N-dealkylation sites (tertiary alicyclic amines) is 1. The Bertz CT molecular complexity index is 1760. The molecule has 4 fully saturated rings. The highest BCUT2D eigenvalue weighted by molar-refractivity contribution is 8.00. The number of thiazole rings is 1. The van der Waals surface area contributed by atoms with Crippen molar-refractivity contribution >= 4 is 46.5 Å². The average Bonchev–Trinajstić information content (AvgIpc) is 3.82. The van der Waals surface area contributed by atoms with Gasteiger partial charge in [0.25, 0.3) is 5.91 Å². The van der Waals surface area contributed by atoms with Gasteiger partial charge in [-0.15, -0.1) is 11.8 Å². The normalized spacial score (nSPS) is 29.4. The highest BCUT2D eigenvalue weighted by Crippen LogP contribution is 2.68. The van der Waals surface area contributed by atoms with E-state index >= 15 is 0 Å². The third-order valence-electron chi connectivity index (χ3n) is 10.7. The van der Waals surface area contributed by atoms with Gasteiger partial charge in [-0.05, 0) is 85.4 Å². The highest BCUT2D eigenvalue weighted by Gasteiger charge is 2.69. The van der Waals surface area contributed by atoms with Crippen LogP contribution < -0.4 is 24.0 Å². The second-order valence-corrected chi connectivity index (χ2v) is 15.0. The maximum atomic E-state index is 14.0. The van der Waals surface area contributed by atoms with Gasteiger partial charge in [0.05, 0.1) is 36.8 Å². The van der Waals surface area contributed by atoms with Gasteiger partial charge >= 0.3 is 4.87 Å². The number of rotatable bonds is 7. The maximum Gasteiger partial charge on any atom is 0.305 e. The number of imide groups is 1. The minimum atomic E-state index is -0.397. The van der Waals surface area contributed by atoms with Crippen molar-refractivity contribution in [1.82, 2.24) is 9.88 Å². The molecule has 1 aromatic heterocycles. The number of fused-ring (bicyclic) bond motifs is 9. The first kappa shape index (κ1) is 29.6. The van der Waals surface area contributed by atoms with Gasteiger partial charge in [0, 0.05) is 29.1 Å². The predicted octanol–water partition coefficient (Wildman–Crippen LogP) is 4.52. The zero-order valence-corrected chi connectivity index (χ0v) is 27.2. The summed E-state index contributed by atoms with van der Waals surface area (Å²) >= 11 is 2.88. The van der Waals surface area contributed by atoms with Crippen LogP contribution in [0.1, 0.15) is 42.0 Å². The lowest BCUT2D eigenvalue weighted by molar-refractivity contribution is -0.134. The van der Waals surface area contributed by atoms with E-state index in [1.807, 2.05) is 23.1 Å². The summed E-state index contributed by atoms with van der Waals surface area (Å²) in [7, 11) is 3.16. The number of H-pyrrole nitrogens is 1. The van der Waals surface area contributed by atoms with E-state index < -0.39 is 5.92 Å². The van der Waals surface area contributed by atoms with Crippen LogP contribution >= 0.6 is 23.1 Å². The number of nitrogens with one attached hydrogen (secondary N) is 1. The van der Waals surface area contributed by atoms with Crippen molar-refractivity contribution in [1.29, 1.82) is 0 Å². The number of hydrogen-bond acceptors (Lipinski definition) is 9. The Morgan fingerprint density at radius 1 is 0.913 bits per heavy atom. The first-order valence-electron chi connectivity index (χ1n) is 15.9. The number of aromatic nitrogens is 1. The minimum Gasteiger partial charge on any atom is -0.497 e. The molecule has 5 aliphatic rings. The van der Waals surface area contributed by atoms with Gasteiger partial charge in [0.1, 0.15) is 5.75 Å². The van der Waals surface area contributed by atoms with Crippen LogP contribution in [0.2, 0.25) is 0 Å². The Balaban J connectivity index is 1.11. The molecule has 1 N–H and O–H groups in total. The molecule has 3 amide bonds. The van der Waals surface area contributed by atoms with E-state index in [-0.39, 0.29) is 64.0 Å². The zero-order valence-electron chi connectivity index (χ0n) is 25.6. The number of thioether (sulfide) groups is 1. The van der Waals surface area contributed by atoms with Crippen LogP contribution in [0.15, 0.2) is 52.3 Å². The summed E-state index contributed by atoms with van der Waals surface area (Å²) in [6, 6.07) is 12.8. The van der Waals surface area contributed by atoms with Crippen molar-refractivity contribution < 1.29 is 28.6 Å². The van der Waals surface area contributed by atoms with Crippen molar-refractivity contribution in [2.45, 2.75) is 41.9 Å². The summed E-state index contributed by atoms with van der Waals surface area (Å²) in [6.45, 7) is 1.47. The maximum absolute atomic E-state index is 14.0. The van der Waals surface area contributed by atoms with E-state index in [0.29, 0.717) is 22.9 Å². The number of anilines is 1. The third-order valence-corrected chi connectivity index (χ3v) is 13.2. The van der Waals surface area contributed by atoms with Gasteiger partial charge in [-0.3, -0.25) is 24.1 Å². The Morgan fingerprint density at radius 2 is 1.65 bits per heavy atom. The summed E-state index contributed by atoms with van der Waals surface area (Å²) < 4.78 is 17.0. The predicted molar refractivity (Wildman–Crippen MR) is 173 cm³/mol. The number of aromatic amines is 1. The Morgan fingerprint density at radius 3 is 2.37 bits per heavy atom. The fourth-order valence-electron chi connectivity index (χ4n) is 8.75. The molecule has 46 heavy (non-hydrogen) atoms. The van der Waals surface area contributed by atoms with Crippen molar-refractivity contribution in [2.75, 3.05) is 38.8 Å². The summed E-state index contributed by atoms with van der Waals surface area (Å²) in [5, 5.41) is 0.922. The molecule has 240 valence electrons. The van der Waals surface area contributed by atoms with Crippen LogP contribution in [-0.4, -0.2) is 66.8 Å². The van der Waals surface area contributed by atoms with Crippen molar-refractivity contribution in [3.63, 3.8) is 0 Å². The molecular formula is C34H35N3O7S2. The molecule has 2 aliphatic carbocycles. The van der Waals surface area contributed by atoms with E-state index in [0.717, 1.165) is 54.2 Å². The summed E-state index contributed by atoms with van der Waals surface area (Å²) in [5.74, 6) is 0.512. The van der Waals surface area contributed by atoms with Crippen LogP contribution in [-0.2, 0) is 14.4 Å². The topological polar surface area (TPSA) is 118 Å². The molecular weight excluding hydrogens is 627 g/mol. The van der Waals surface area contributed by atoms with Gasteiger partial charge in [-0.2, -0.15) is 0 Å². The molecule has 10 nitrogen and oxygen atoms in total. The van der Waals surface area contributed by atoms with E-state index in [9.17, 15) is 19.2 Å². The molecule has 2 saturated carbocycles. The SMILES string of the molecule is COc1ccc(N2C(=O)C3C4CC(C3C2=O)C2C4Sc3[nH]c(=O)sc3[C@@H]2c2ccc(OCC(=O)N3CCCCC3)c(OC)c2)cc1. The number of carbonyl (C=O) groups excluding carboxylic acids is 3. The number of amides is 3. The minimum absolute atomic E-state index is 0.00774. The number of carbonyl (C=O) groups is 3. The van der Waals surface area contributed by atoms with E-state index in [4.69, 9.17) is 14.2 Å². The molecule has 2 aromatic carbocycles. The Labute approximate surface area is 274 Å². The molecule has 2 saturated heterocycles. The van der Waals surface area contributed by atoms with Gasteiger partial charge in [0.2, 0.25) is 11.8 Å². The molecule has 0 radical (unpaired) electrons. The molecule has 4 heterocycles. The average molecular weight is 662 g/mol. The molecule has 3 aromatic rings. The number of hydrogen-bond donors (Lipinski definition) is 1. The van der Waals surface area contributed by atoms with Gasteiger partial charge in [-0.1, -0.05) is 17.4 Å². The van der Waals surface area contributed by atoms with Crippen LogP contribution in [0.5, 0.6) is 17.2 Å². The summed E-state index contributed by atoms with van der Waals surface area (Å²) in [5.41, 5.74) is 1.53. The second-order valence-electron chi connectivity index (χ2n) is 12.8. The van der Waals surface area contributed by atoms with Crippen LogP contribution in [0.25, 0.3) is 0 Å². The number of nitrogens with zero attached hydrogens (tertiary/aromatic N) is 2. The van der Waals surface area contributed by atoms with Gasteiger partial charge in [0.15, 0.2) is 18.1 Å². The highest BCUT2D eigenvalue weighted by atomic mass is 32.2. The molecule has 2 bridgehead atoms. The molecule has 6 unspecified atom stereocenters. The second kappa shape index (κ2) is 11.5. The van der Waals surface area contributed by atoms with Crippen molar-refractivity contribution in [3.05, 3.63) is 62.6 Å². The lowest BCUT2D eigenvalue weighted by Gasteiger charge is -2.43. The molecule has 8 rings (SSSR count). The zero-order chi connectivity index (χ0) is 31.7. The fraction of sp³-hybridized carbons (Fsp3) is 0.471. The van der Waals surface area contributed by atoms with E-state index in [1.165, 1.54) is 16.2 Å². The van der Waals surface area contributed by atoms with Crippen LogP contribution in [0.4, 0.5) is 5.69 Å². The largest absolute Gasteiger partial charge is 0.497 e. The van der Waals surface area contributed by atoms with Crippen LogP contribution in [0, 0.1) is 29.6 Å². The number of benzene rings is 2. The summed E-state index contributed by atoms with van der Waals surface area (Å²) in [6.07, 6.45) is 3.98. The Kier molecular flexibility index (Phi) is 7.39. The number of methoxy groups -OCH3 is 2. The first-order valence-corrected chi connectivity index (χ1v) is 17.6. The standard InChI is InChI=1S/C34H35N3O7S2/c1-42-19-9-7-18(8-10-19)37-32(39)27-20-15-21(28(27)33(37)40)29-26(20)25(30-31(45-29)35-34(41)46-30)17-6-11-22(23(14-17)43-2)44-16-24(38)36-12-4-3-5-13-36/h6-11,14,20-21,25-29H,3-5,12-13,15-16H2,1-2H3,(H,35,41)/t20?,21?,25-,26?,27?,28?,29?/m1/s1. The first-order chi connectivity index (χ1) is 22.4. The van der Waals surface area contributed by atoms with Gasteiger partial charge < -0.3 is 24.1 Å². The summed E-state index contributed by atoms with van der Waals surface area (Å²) in [4.78, 5) is 60.5. The molecule has 0 spiro atoms. The smallest absolute Gasteiger partial charge is 0.305 e. The van der Waals surface area contributed by atoms with E-state index in [1.54, 1.807) is 50.2 Å². The van der Waals surface area contributed by atoms with Crippen LogP contribution in [0.3, 0.4) is 0 Å². The van der Waals surface area contributed by atoms with Crippen molar-refractivity contribution in [2.24, 2.45) is 29.6 Å². The fourth-order valence-corrected chi connectivity index (χ4v) is 11.6. The number of piperidine rings is 1. The lowest BCUT2D eigenvalue weighted by atomic mass is 9.68. The molecule has 7 atom stereocenters. The van der Waals surface area contributed by atoms with Crippen molar-refractivity contribution in [3.8, 4) is 17.2 Å².